The molecule has 3 aromatic rings. The van der Waals surface area contributed by atoms with E-state index in [0.717, 1.165) is 36.1 Å². The number of anilines is 3. The second kappa shape index (κ2) is 12.1. The third-order valence-electron chi connectivity index (χ3n) is 6.24. The summed E-state index contributed by atoms with van der Waals surface area (Å²) in [6, 6.07) is 21.2. The van der Waals surface area contributed by atoms with E-state index in [-0.39, 0.29) is 10.8 Å². The lowest BCUT2D eigenvalue weighted by atomic mass is 10.1. The van der Waals surface area contributed by atoms with Gasteiger partial charge in [-0.15, -0.1) is 4.28 Å². The smallest absolute Gasteiger partial charge is 0.317 e. The van der Waals surface area contributed by atoms with Crippen molar-refractivity contribution in [1.29, 1.82) is 0 Å². The van der Waals surface area contributed by atoms with Crippen molar-refractivity contribution in [2.75, 3.05) is 15.8 Å². The van der Waals surface area contributed by atoms with Gasteiger partial charge < -0.3 is 5.32 Å². The van der Waals surface area contributed by atoms with Gasteiger partial charge in [-0.2, -0.15) is 18.5 Å². The van der Waals surface area contributed by atoms with E-state index in [2.05, 4.69) is 22.8 Å². The molecule has 0 atom stereocenters. The van der Waals surface area contributed by atoms with Gasteiger partial charge in [0.15, 0.2) is 0 Å². The summed E-state index contributed by atoms with van der Waals surface area (Å²) >= 11 is 0. The summed E-state index contributed by atoms with van der Waals surface area (Å²) in [6.45, 7) is 6.08. The van der Waals surface area contributed by atoms with E-state index < -0.39 is 10.1 Å². The SMILES string of the molecule is CCCC1=NN(c2ccc(S(=O)(=O)ONc3ccccc3CC)cc2)C(=O)C1=CNc1ccccc1CC. The van der Waals surface area contributed by atoms with Gasteiger partial charge in [0.05, 0.1) is 27.6 Å². The normalized spacial score (nSPS) is 14.6. The zero-order valence-corrected chi connectivity index (χ0v) is 22.6. The second-order valence-corrected chi connectivity index (χ2v) is 10.3. The van der Waals surface area contributed by atoms with Crippen LogP contribution >= 0.6 is 0 Å². The van der Waals surface area contributed by atoms with Crippen molar-refractivity contribution < 1.29 is 17.5 Å². The lowest BCUT2D eigenvalue weighted by Gasteiger charge is -2.13. The predicted molar refractivity (Wildman–Crippen MR) is 152 cm³/mol. The van der Waals surface area contributed by atoms with Crippen molar-refractivity contribution in [1.82, 2.24) is 0 Å². The van der Waals surface area contributed by atoms with Gasteiger partial charge in [0.25, 0.3) is 5.91 Å². The maximum Gasteiger partial charge on any atom is 0.317 e. The number of benzene rings is 3. The minimum Gasteiger partial charge on any atom is -0.361 e. The topological polar surface area (TPSA) is 100 Å². The van der Waals surface area contributed by atoms with Crippen molar-refractivity contribution >= 4 is 38.8 Å². The zero-order valence-electron chi connectivity index (χ0n) is 21.8. The Morgan fingerprint density at radius 1 is 0.868 bits per heavy atom. The number of carbonyl (C=O) groups is 1. The molecule has 4 rings (SSSR count). The highest BCUT2D eigenvalue weighted by atomic mass is 32.2. The van der Waals surface area contributed by atoms with Gasteiger partial charge in [-0.05, 0) is 66.8 Å². The highest BCUT2D eigenvalue weighted by Gasteiger charge is 2.31. The van der Waals surface area contributed by atoms with Crippen LogP contribution in [-0.4, -0.2) is 20.0 Å². The Morgan fingerprint density at radius 2 is 1.47 bits per heavy atom. The molecular formula is C29H32N4O4S. The van der Waals surface area contributed by atoms with E-state index in [1.807, 2.05) is 50.2 Å². The first-order valence-electron chi connectivity index (χ1n) is 12.7. The first kappa shape index (κ1) is 27.1. The molecule has 38 heavy (non-hydrogen) atoms. The maximum absolute atomic E-state index is 13.3. The summed E-state index contributed by atoms with van der Waals surface area (Å²) in [5, 5.41) is 9.12. The van der Waals surface area contributed by atoms with E-state index in [9.17, 15) is 13.2 Å². The number of hydrazone groups is 1. The second-order valence-electron chi connectivity index (χ2n) is 8.77. The van der Waals surface area contributed by atoms with Crippen LogP contribution in [0.4, 0.5) is 17.1 Å². The van der Waals surface area contributed by atoms with Crippen molar-refractivity contribution in [3.8, 4) is 0 Å². The number of nitrogens with zero attached hydrogens (tertiary/aromatic N) is 2. The largest absolute Gasteiger partial charge is 0.361 e. The van der Waals surface area contributed by atoms with Crippen molar-refractivity contribution in [2.24, 2.45) is 5.10 Å². The quantitative estimate of drug-likeness (QED) is 0.231. The Labute approximate surface area is 224 Å². The third kappa shape index (κ3) is 5.95. The summed E-state index contributed by atoms with van der Waals surface area (Å²) < 4.78 is 30.6. The number of hydrogen-bond donors (Lipinski definition) is 2. The lowest BCUT2D eigenvalue weighted by Crippen LogP contribution is -2.22. The average molecular weight is 533 g/mol. The van der Waals surface area contributed by atoms with Gasteiger partial charge in [0.2, 0.25) is 0 Å². The van der Waals surface area contributed by atoms with Crippen LogP contribution in [0.3, 0.4) is 0 Å². The van der Waals surface area contributed by atoms with Gasteiger partial charge in [0.1, 0.15) is 0 Å². The molecule has 0 spiro atoms. The highest BCUT2D eigenvalue weighted by Crippen LogP contribution is 2.28. The Kier molecular flexibility index (Phi) is 8.60. The highest BCUT2D eigenvalue weighted by molar-refractivity contribution is 7.86. The summed E-state index contributed by atoms with van der Waals surface area (Å²) in [4.78, 5) is 13.3. The molecule has 1 aliphatic heterocycles. The van der Waals surface area contributed by atoms with E-state index >= 15 is 0 Å². The van der Waals surface area contributed by atoms with E-state index in [1.165, 1.54) is 17.1 Å². The Bertz CT molecular complexity index is 1460. The molecular weight excluding hydrogens is 500 g/mol. The molecule has 0 unspecified atom stereocenters. The van der Waals surface area contributed by atoms with E-state index in [1.54, 1.807) is 30.5 Å². The van der Waals surface area contributed by atoms with Crippen LogP contribution < -0.4 is 15.8 Å². The molecule has 8 nitrogen and oxygen atoms in total. The first-order chi connectivity index (χ1) is 18.4. The van der Waals surface area contributed by atoms with Crippen LogP contribution in [0.15, 0.2) is 94.6 Å². The van der Waals surface area contributed by atoms with Crippen molar-refractivity contribution in [3.05, 3.63) is 95.7 Å². The predicted octanol–water partition coefficient (Wildman–Crippen LogP) is 6.04. The minimum atomic E-state index is -4.09. The van der Waals surface area contributed by atoms with Crippen molar-refractivity contribution in [3.63, 3.8) is 0 Å². The fourth-order valence-electron chi connectivity index (χ4n) is 4.15. The van der Waals surface area contributed by atoms with Gasteiger partial charge in [-0.3, -0.25) is 4.79 Å². The standard InChI is InChI=1S/C29H32N4O4S/c1-4-11-28-25(20-30-26-14-9-7-12-21(26)5-2)29(34)33(31-28)23-16-18-24(19-17-23)38(35,36)37-32-27-15-10-8-13-22(27)6-3/h7-10,12-20,30,32H,4-6,11H2,1-3H3. The molecule has 1 aliphatic rings. The number of rotatable bonds is 11. The summed E-state index contributed by atoms with van der Waals surface area (Å²) in [7, 11) is -4.09. The van der Waals surface area contributed by atoms with Crippen LogP contribution in [-0.2, 0) is 32.0 Å². The van der Waals surface area contributed by atoms with Gasteiger partial charge >= 0.3 is 10.1 Å². The zero-order chi connectivity index (χ0) is 27.1. The van der Waals surface area contributed by atoms with Crippen LogP contribution in [0, 0.1) is 0 Å². The number of aryl methyl sites for hydroxylation is 2. The van der Waals surface area contributed by atoms with Gasteiger partial charge in [-0.1, -0.05) is 63.6 Å². The molecule has 198 valence electrons. The van der Waals surface area contributed by atoms with Crippen LogP contribution in [0.2, 0.25) is 0 Å². The fraction of sp³-hybridized carbons (Fsp3) is 0.241. The monoisotopic (exact) mass is 532 g/mol. The van der Waals surface area contributed by atoms with E-state index in [4.69, 9.17) is 4.28 Å². The molecule has 0 saturated carbocycles. The first-order valence-corrected chi connectivity index (χ1v) is 14.1. The number of amides is 1. The molecule has 0 saturated heterocycles. The minimum absolute atomic E-state index is 0.0410. The summed E-state index contributed by atoms with van der Waals surface area (Å²) in [5.41, 5.74) is 7.78. The molecule has 0 aromatic heterocycles. The third-order valence-corrected chi connectivity index (χ3v) is 7.39. The molecule has 1 amide bonds. The molecule has 1 heterocycles. The lowest BCUT2D eigenvalue weighted by molar-refractivity contribution is -0.114. The number of carbonyl (C=O) groups excluding carboxylic acids is 1. The van der Waals surface area contributed by atoms with Gasteiger partial charge in [0, 0.05) is 11.9 Å². The Balaban J connectivity index is 1.51. The maximum atomic E-state index is 13.3. The number of para-hydroxylation sites is 2. The Hall–Kier alpha value is -3.95. The van der Waals surface area contributed by atoms with Crippen LogP contribution in [0.1, 0.15) is 44.7 Å². The van der Waals surface area contributed by atoms with E-state index in [0.29, 0.717) is 29.1 Å². The molecule has 0 aliphatic carbocycles. The average Bonchev–Trinajstić information content (AvgIpc) is 3.25. The Morgan fingerprint density at radius 3 is 2.11 bits per heavy atom. The molecule has 3 aromatic carbocycles. The molecule has 9 heteroatoms. The molecule has 2 N–H and O–H groups in total. The number of hydrogen-bond acceptors (Lipinski definition) is 7. The molecule has 0 fully saturated rings. The van der Waals surface area contributed by atoms with Crippen molar-refractivity contribution in [2.45, 2.75) is 51.3 Å². The van der Waals surface area contributed by atoms with Crippen LogP contribution in [0.25, 0.3) is 0 Å². The van der Waals surface area contributed by atoms with Gasteiger partial charge in [-0.25, -0.2) is 5.48 Å². The number of nitrogens with one attached hydrogen (secondary N) is 2. The molecule has 0 radical (unpaired) electrons. The summed E-state index contributed by atoms with van der Waals surface area (Å²) in [6.07, 6.45) is 4.75. The molecule has 0 bridgehead atoms. The van der Waals surface area contributed by atoms with Crippen LogP contribution in [0.5, 0.6) is 0 Å². The fourth-order valence-corrected chi connectivity index (χ4v) is 4.91. The summed E-state index contributed by atoms with van der Waals surface area (Å²) in [5.74, 6) is -0.278.